The van der Waals surface area contributed by atoms with Crippen LogP contribution in [0.5, 0.6) is 0 Å². The fourth-order valence-electron chi connectivity index (χ4n) is 3.45. The molecule has 3 N–H and O–H groups in total. The van der Waals surface area contributed by atoms with Crippen LogP contribution in [0, 0.1) is 5.41 Å². The molecule has 0 aromatic rings. The van der Waals surface area contributed by atoms with Gasteiger partial charge >= 0.3 is 0 Å². The molecule has 2 amide bonds. The van der Waals surface area contributed by atoms with Crippen LogP contribution in [0.3, 0.4) is 0 Å². The number of hydrogen-bond donors (Lipinski definition) is 2. The summed E-state index contributed by atoms with van der Waals surface area (Å²) in [5, 5.41) is 2.78. The third kappa shape index (κ3) is 3.87. The number of carbonyl (C=O) groups is 2. The number of nitrogens with one attached hydrogen (secondary N) is 1. The maximum absolute atomic E-state index is 12.8. The summed E-state index contributed by atoms with van der Waals surface area (Å²) in [7, 11) is 0. The molecule has 124 valence electrons. The quantitative estimate of drug-likeness (QED) is 0.675. The monoisotopic (exact) mass is 308 g/mol. The van der Waals surface area contributed by atoms with Crippen molar-refractivity contribution >= 4 is 11.8 Å². The highest BCUT2D eigenvalue weighted by Crippen LogP contribution is 2.38. The second-order valence-electron chi connectivity index (χ2n) is 6.35. The molecule has 0 unspecified atom stereocenters. The Balaban J connectivity index is 1.80. The summed E-state index contributed by atoms with van der Waals surface area (Å²) < 4.78 is 0. The third-order valence-electron chi connectivity index (χ3n) is 4.88. The van der Waals surface area contributed by atoms with E-state index in [4.69, 9.17) is 5.73 Å². The van der Waals surface area contributed by atoms with E-state index in [1.165, 1.54) is 0 Å². The zero-order valence-electron chi connectivity index (χ0n) is 13.4. The molecule has 6 heteroatoms. The molecule has 2 aliphatic rings. The fraction of sp³-hybridized carbons (Fsp3) is 0.750. The number of carbonyl (C=O) groups excluding carboxylic acids is 2. The van der Waals surface area contributed by atoms with Crippen LogP contribution in [0.4, 0.5) is 0 Å². The Hall–Kier alpha value is -1.40. The minimum absolute atomic E-state index is 0.00824. The highest BCUT2D eigenvalue weighted by molar-refractivity contribution is 5.83. The highest BCUT2D eigenvalue weighted by atomic mass is 16.2. The van der Waals surface area contributed by atoms with Gasteiger partial charge in [-0.2, -0.15) is 0 Å². The zero-order valence-corrected chi connectivity index (χ0v) is 13.4. The lowest BCUT2D eigenvalue weighted by molar-refractivity contribution is -0.143. The number of nitrogens with zero attached hydrogens (tertiary/aromatic N) is 2. The molecule has 6 nitrogen and oxygen atoms in total. The normalized spacial score (nSPS) is 21.6. The molecule has 0 aromatic heterocycles. The van der Waals surface area contributed by atoms with Gasteiger partial charge in [0.05, 0.1) is 12.0 Å². The molecule has 2 fully saturated rings. The Bertz CT molecular complexity index is 410. The fourth-order valence-corrected chi connectivity index (χ4v) is 3.45. The van der Waals surface area contributed by atoms with Crippen LogP contribution < -0.4 is 11.1 Å². The first-order valence-corrected chi connectivity index (χ1v) is 8.21. The number of piperazine rings is 1. The minimum Gasteiger partial charge on any atom is -0.352 e. The summed E-state index contributed by atoms with van der Waals surface area (Å²) in [6.07, 6.45) is 5.72. The van der Waals surface area contributed by atoms with Crippen LogP contribution in [0.2, 0.25) is 0 Å². The van der Waals surface area contributed by atoms with Gasteiger partial charge in [0.15, 0.2) is 0 Å². The van der Waals surface area contributed by atoms with E-state index >= 15 is 0 Å². The molecule has 0 atom stereocenters. The summed E-state index contributed by atoms with van der Waals surface area (Å²) in [5.74, 6) is 0.233. The van der Waals surface area contributed by atoms with Gasteiger partial charge in [-0.05, 0) is 12.8 Å². The molecule has 1 aliphatic carbocycles. The van der Waals surface area contributed by atoms with Gasteiger partial charge in [0, 0.05) is 39.3 Å². The largest absolute Gasteiger partial charge is 0.352 e. The molecule has 1 saturated carbocycles. The third-order valence-corrected chi connectivity index (χ3v) is 4.88. The molecular formula is C16H28N4O2. The number of hydrogen-bond acceptors (Lipinski definition) is 4. The van der Waals surface area contributed by atoms with Crippen molar-refractivity contribution in [3.8, 4) is 0 Å². The number of nitrogens with two attached hydrogens (primary N) is 1. The maximum Gasteiger partial charge on any atom is 0.234 e. The van der Waals surface area contributed by atoms with Crippen LogP contribution in [0.15, 0.2) is 12.7 Å². The lowest BCUT2D eigenvalue weighted by atomic mass is 9.84. The number of amides is 2. The summed E-state index contributed by atoms with van der Waals surface area (Å²) in [6, 6.07) is 0. The van der Waals surface area contributed by atoms with Crippen molar-refractivity contribution in [3.05, 3.63) is 12.7 Å². The summed E-state index contributed by atoms with van der Waals surface area (Å²) >= 11 is 0. The average molecular weight is 308 g/mol. The topological polar surface area (TPSA) is 78.7 Å². The Morgan fingerprint density at radius 2 is 1.82 bits per heavy atom. The summed E-state index contributed by atoms with van der Waals surface area (Å²) in [4.78, 5) is 28.5. The van der Waals surface area contributed by atoms with Gasteiger partial charge in [0.1, 0.15) is 0 Å². The van der Waals surface area contributed by atoms with Gasteiger partial charge in [-0.3, -0.25) is 14.5 Å². The van der Waals surface area contributed by atoms with E-state index < -0.39 is 0 Å². The lowest BCUT2D eigenvalue weighted by Crippen LogP contribution is -2.55. The predicted octanol–water partition coefficient (Wildman–Crippen LogP) is -0.0481. The highest BCUT2D eigenvalue weighted by Gasteiger charge is 2.42. The van der Waals surface area contributed by atoms with Gasteiger partial charge in [0.25, 0.3) is 0 Å². The van der Waals surface area contributed by atoms with Gasteiger partial charge in [0.2, 0.25) is 11.8 Å². The van der Waals surface area contributed by atoms with Crippen LogP contribution in [-0.4, -0.2) is 67.4 Å². The lowest BCUT2D eigenvalue weighted by Gasteiger charge is -2.39. The molecule has 1 heterocycles. The predicted molar refractivity (Wildman–Crippen MR) is 86.2 cm³/mol. The van der Waals surface area contributed by atoms with E-state index in [-0.39, 0.29) is 17.2 Å². The van der Waals surface area contributed by atoms with E-state index in [0.717, 1.165) is 38.8 Å². The van der Waals surface area contributed by atoms with Crippen molar-refractivity contribution in [1.82, 2.24) is 15.1 Å². The van der Waals surface area contributed by atoms with Crippen LogP contribution >= 0.6 is 0 Å². The first-order valence-electron chi connectivity index (χ1n) is 8.21. The van der Waals surface area contributed by atoms with Gasteiger partial charge in [-0.25, -0.2) is 0 Å². The van der Waals surface area contributed by atoms with Crippen molar-refractivity contribution in [2.75, 3.05) is 45.8 Å². The van der Waals surface area contributed by atoms with E-state index in [1.54, 1.807) is 6.08 Å². The molecule has 0 aromatic carbocycles. The Morgan fingerprint density at radius 1 is 1.18 bits per heavy atom. The first-order chi connectivity index (χ1) is 10.6. The van der Waals surface area contributed by atoms with Crippen molar-refractivity contribution in [3.63, 3.8) is 0 Å². The molecular weight excluding hydrogens is 280 g/mol. The SMILES string of the molecule is C=CCNC(=O)CN1CCN(C(=O)C2(CN)CCCC2)CC1. The summed E-state index contributed by atoms with van der Waals surface area (Å²) in [5.41, 5.74) is 5.58. The molecule has 1 aliphatic heterocycles. The molecule has 0 spiro atoms. The standard InChI is InChI=1S/C16H28N4O2/c1-2-7-18-14(21)12-19-8-10-20(11-9-19)15(22)16(13-17)5-3-4-6-16/h2H,1,3-13,17H2,(H,18,21). The average Bonchev–Trinajstić information content (AvgIpc) is 3.03. The molecule has 22 heavy (non-hydrogen) atoms. The van der Waals surface area contributed by atoms with E-state index in [1.807, 2.05) is 4.90 Å². The second-order valence-corrected chi connectivity index (χ2v) is 6.35. The zero-order chi connectivity index (χ0) is 16.0. The molecule has 1 saturated heterocycles. The smallest absolute Gasteiger partial charge is 0.234 e. The molecule has 0 radical (unpaired) electrons. The Labute approximate surface area is 132 Å². The second kappa shape index (κ2) is 7.74. The van der Waals surface area contributed by atoms with Gasteiger partial charge in [-0.1, -0.05) is 18.9 Å². The van der Waals surface area contributed by atoms with Crippen molar-refractivity contribution in [1.29, 1.82) is 0 Å². The molecule has 2 rings (SSSR count). The Morgan fingerprint density at radius 3 is 2.36 bits per heavy atom. The van der Waals surface area contributed by atoms with Crippen LogP contribution in [-0.2, 0) is 9.59 Å². The number of rotatable bonds is 6. The van der Waals surface area contributed by atoms with Crippen molar-refractivity contribution in [2.45, 2.75) is 25.7 Å². The van der Waals surface area contributed by atoms with Crippen molar-refractivity contribution < 1.29 is 9.59 Å². The van der Waals surface area contributed by atoms with Gasteiger partial charge < -0.3 is 16.0 Å². The van der Waals surface area contributed by atoms with Gasteiger partial charge in [-0.15, -0.1) is 6.58 Å². The minimum atomic E-state index is -0.316. The van der Waals surface area contributed by atoms with E-state index in [0.29, 0.717) is 32.7 Å². The first kappa shape index (κ1) is 17.0. The van der Waals surface area contributed by atoms with Crippen molar-refractivity contribution in [2.24, 2.45) is 11.1 Å². The van der Waals surface area contributed by atoms with Crippen LogP contribution in [0.25, 0.3) is 0 Å². The molecule has 0 bridgehead atoms. The summed E-state index contributed by atoms with van der Waals surface area (Å²) in [6.45, 7) is 7.78. The van der Waals surface area contributed by atoms with E-state index in [2.05, 4.69) is 16.8 Å². The van der Waals surface area contributed by atoms with Crippen LogP contribution in [0.1, 0.15) is 25.7 Å². The Kier molecular flexibility index (Phi) is 5.97. The maximum atomic E-state index is 12.8. The van der Waals surface area contributed by atoms with E-state index in [9.17, 15) is 9.59 Å².